The summed E-state index contributed by atoms with van der Waals surface area (Å²) in [7, 11) is 1.96. The molecule has 2 unspecified atom stereocenters. The first-order chi connectivity index (χ1) is 6.85. The van der Waals surface area contributed by atoms with E-state index >= 15 is 0 Å². The molecule has 0 bridgehead atoms. The van der Waals surface area contributed by atoms with Gasteiger partial charge in [-0.2, -0.15) is 0 Å². The molecule has 1 saturated carbocycles. The number of rotatable bonds is 2. The predicted molar refractivity (Wildman–Crippen MR) is 63.6 cm³/mol. The molecule has 1 amide bonds. The number of carbonyl (C=O) groups excluding carboxylic acids is 1. The molecule has 2 atom stereocenters. The maximum atomic E-state index is 11.7. The zero-order valence-corrected chi connectivity index (χ0v) is 10.8. The third kappa shape index (κ3) is 3.22. The smallest absolute Gasteiger partial charge is 0.222 e. The van der Waals surface area contributed by atoms with Crippen molar-refractivity contribution < 1.29 is 4.79 Å². The number of hydrogen-bond donors (Lipinski definition) is 0. The van der Waals surface area contributed by atoms with E-state index in [1.165, 1.54) is 12.8 Å². The van der Waals surface area contributed by atoms with Crippen LogP contribution in [0, 0.1) is 11.3 Å². The van der Waals surface area contributed by atoms with Gasteiger partial charge < -0.3 is 4.90 Å². The van der Waals surface area contributed by atoms with E-state index in [-0.39, 0.29) is 5.91 Å². The van der Waals surface area contributed by atoms with Crippen molar-refractivity contribution >= 4 is 5.91 Å². The van der Waals surface area contributed by atoms with Crippen molar-refractivity contribution in [2.24, 2.45) is 11.3 Å². The molecule has 0 aliphatic heterocycles. The first-order valence-corrected chi connectivity index (χ1v) is 6.11. The molecule has 0 aromatic heterocycles. The topological polar surface area (TPSA) is 20.3 Å². The van der Waals surface area contributed by atoms with Gasteiger partial charge in [0.05, 0.1) is 0 Å². The van der Waals surface area contributed by atoms with Crippen molar-refractivity contribution in [3.05, 3.63) is 0 Å². The van der Waals surface area contributed by atoms with Gasteiger partial charge in [-0.3, -0.25) is 4.79 Å². The first-order valence-electron chi connectivity index (χ1n) is 6.11. The van der Waals surface area contributed by atoms with Gasteiger partial charge in [-0.1, -0.05) is 27.7 Å². The summed E-state index contributed by atoms with van der Waals surface area (Å²) in [5.74, 6) is 1.02. The highest BCUT2D eigenvalue weighted by atomic mass is 16.2. The molecule has 1 fully saturated rings. The lowest BCUT2D eigenvalue weighted by molar-refractivity contribution is -0.133. The van der Waals surface area contributed by atoms with E-state index in [2.05, 4.69) is 20.8 Å². The molecular formula is C13H25NO. The molecule has 0 spiro atoms. The number of carbonyl (C=O) groups is 1. The minimum absolute atomic E-state index is 0.282. The third-order valence-electron chi connectivity index (χ3n) is 3.61. The minimum Gasteiger partial charge on any atom is -0.343 e. The summed E-state index contributed by atoms with van der Waals surface area (Å²) in [6.07, 6.45) is 4.24. The Labute approximate surface area is 94.0 Å². The molecule has 15 heavy (non-hydrogen) atoms. The number of nitrogens with zero attached hydrogens (tertiary/aromatic N) is 1. The van der Waals surface area contributed by atoms with Crippen LogP contribution in [0.25, 0.3) is 0 Å². The molecule has 2 heteroatoms. The second kappa shape index (κ2) is 4.54. The van der Waals surface area contributed by atoms with Crippen LogP contribution in [0.2, 0.25) is 0 Å². The van der Waals surface area contributed by atoms with Gasteiger partial charge in [0.2, 0.25) is 5.91 Å². The second-order valence-electron chi connectivity index (χ2n) is 5.93. The van der Waals surface area contributed by atoms with Crippen LogP contribution in [0.15, 0.2) is 0 Å². The van der Waals surface area contributed by atoms with Crippen molar-refractivity contribution in [3.8, 4) is 0 Å². The Kier molecular flexibility index (Phi) is 3.80. The molecule has 0 radical (unpaired) electrons. The summed E-state index contributed by atoms with van der Waals surface area (Å²) >= 11 is 0. The molecular weight excluding hydrogens is 186 g/mol. The van der Waals surface area contributed by atoms with E-state index in [0.717, 1.165) is 12.3 Å². The van der Waals surface area contributed by atoms with Crippen LogP contribution in [-0.4, -0.2) is 23.9 Å². The monoisotopic (exact) mass is 211 g/mol. The van der Waals surface area contributed by atoms with Gasteiger partial charge in [-0.25, -0.2) is 0 Å². The fourth-order valence-electron chi connectivity index (χ4n) is 3.04. The summed E-state index contributed by atoms with van der Waals surface area (Å²) in [6.45, 7) is 8.88. The van der Waals surface area contributed by atoms with Crippen molar-refractivity contribution in [1.82, 2.24) is 4.90 Å². The van der Waals surface area contributed by atoms with Crippen LogP contribution >= 0.6 is 0 Å². The standard InChI is InChI=1S/C13H25NO/c1-6-12(15)14(5)11-7-10(2)8-13(3,4)9-11/h10-11H,6-9H2,1-5H3. The highest BCUT2D eigenvalue weighted by Crippen LogP contribution is 2.40. The predicted octanol–water partition coefficient (Wildman–Crippen LogP) is 3.07. The molecule has 2 nitrogen and oxygen atoms in total. The van der Waals surface area contributed by atoms with Crippen LogP contribution in [0.1, 0.15) is 53.4 Å². The maximum Gasteiger partial charge on any atom is 0.222 e. The second-order valence-corrected chi connectivity index (χ2v) is 5.93. The Morgan fingerprint density at radius 1 is 1.40 bits per heavy atom. The van der Waals surface area contributed by atoms with Crippen molar-refractivity contribution in [2.75, 3.05) is 7.05 Å². The lowest BCUT2D eigenvalue weighted by Gasteiger charge is -2.42. The van der Waals surface area contributed by atoms with Crippen molar-refractivity contribution in [2.45, 2.75) is 59.4 Å². The van der Waals surface area contributed by atoms with E-state index in [0.29, 0.717) is 17.9 Å². The lowest BCUT2D eigenvalue weighted by Crippen LogP contribution is -2.43. The molecule has 1 aliphatic rings. The normalized spacial score (nSPS) is 29.9. The quantitative estimate of drug-likeness (QED) is 0.687. The molecule has 0 aromatic rings. The zero-order valence-electron chi connectivity index (χ0n) is 10.8. The van der Waals surface area contributed by atoms with Gasteiger partial charge in [0, 0.05) is 19.5 Å². The van der Waals surface area contributed by atoms with Crippen molar-refractivity contribution in [1.29, 1.82) is 0 Å². The molecule has 0 saturated heterocycles. The fourth-order valence-corrected chi connectivity index (χ4v) is 3.04. The Bertz CT molecular complexity index is 235. The first kappa shape index (κ1) is 12.5. The maximum absolute atomic E-state index is 11.7. The van der Waals surface area contributed by atoms with E-state index in [1.54, 1.807) is 0 Å². The van der Waals surface area contributed by atoms with E-state index < -0.39 is 0 Å². The van der Waals surface area contributed by atoms with Crippen LogP contribution in [0.4, 0.5) is 0 Å². The summed E-state index contributed by atoms with van der Waals surface area (Å²) in [4.78, 5) is 13.6. The van der Waals surface area contributed by atoms with Crippen LogP contribution < -0.4 is 0 Å². The number of hydrogen-bond acceptors (Lipinski definition) is 1. The molecule has 0 aromatic carbocycles. The van der Waals surface area contributed by atoms with Gasteiger partial charge >= 0.3 is 0 Å². The van der Waals surface area contributed by atoms with Crippen molar-refractivity contribution in [3.63, 3.8) is 0 Å². The largest absolute Gasteiger partial charge is 0.343 e. The van der Waals surface area contributed by atoms with E-state index in [1.807, 2.05) is 18.9 Å². The van der Waals surface area contributed by atoms with Gasteiger partial charge in [0.1, 0.15) is 0 Å². The SMILES string of the molecule is CCC(=O)N(C)C1CC(C)CC(C)(C)C1. The summed E-state index contributed by atoms with van der Waals surface area (Å²) in [6, 6.07) is 0.455. The molecule has 0 heterocycles. The zero-order chi connectivity index (χ0) is 11.6. The Morgan fingerprint density at radius 3 is 2.47 bits per heavy atom. The molecule has 88 valence electrons. The Balaban J connectivity index is 2.66. The van der Waals surface area contributed by atoms with E-state index in [9.17, 15) is 4.79 Å². The van der Waals surface area contributed by atoms with Crippen LogP contribution in [0.3, 0.4) is 0 Å². The van der Waals surface area contributed by atoms with Gasteiger partial charge in [0.25, 0.3) is 0 Å². The molecule has 0 N–H and O–H groups in total. The minimum atomic E-state index is 0.282. The van der Waals surface area contributed by atoms with Gasteiger partial charge in [-0.05, 0) is 30.6 Å². The van der Waals surface area contributed by atoms with E-state index in [4.69, 9.17) is 0 Å². The third-order valence-corrected chi connectivity index (χ3v) is 3.61. The average molecular weight is 211 g/mol. The average Bonchev–Trinajstić information content (AvgIpc) is 2.12. The Hall–Kier alpha value is -0.530. The Morgan fingerprint density at radius 2 is 2.00 bits per heavy atom. The summed E-state index contributed by atoms with van der Waals surface area (Å²) in [5.41, 5.74) is 0.393. The highest BCUT2D eigenvalue weighted by molar-refractivity contribution is 5.75. The van der Waals surface area contributed by atoms with Gasteiger partial charge in [-0.15, -0.1) is 0 Å². The highest BCUT2D eigenvalue weighted by Gasteiger charge is 2.34. The molecule has 1 aliphatic carbocycles. The van der Waals surface area contributed by atoms with Crippen LogP contribution in [0.5, 0.6) is 0 Å². The fraction of sp³-hybridized carbons (Fsp3) is 0.923. The lowest BCUT2D eigenvalue weighted by atomic mass is 9.70. The van der Waals surface area contributed by atoms with Gasteiger partial charge in [0.15, 0.2) is 0 Å². The molecule has 1 rings (SSSR count). The summed E-state index contributed by atoms with van der Waals surface area (Å²) in [5, 5.41) is 0. The number of amides is 1. The summed E-state index contributed by atoms with van der Waals surface area (Å²) < 4.78 is 0. The van der Waals surface area contributed by atoms with Crippen LogP contribution in [-0.2, 0) is 4.79 Å².